The topological polar surface area (TPSA) is 47.3 Å². The van der Waals surface area contributed by atoms with Crippen LogP contribution in [0.2, 0.25) is 0 Å². The van der Waals surface area contributed by atoms with Crippen molar-refractivity contribution in [2.24, 2.45) is 0 Å². The molecule has 1 N–H and O–H groups in total. The van der Waals surface area contributed by atoms with Gasteiger partial charge in [-0.25, -0.2) is 0 Å². The quantitative estimate of drug-likeness (QED) is 0.910. The Kier molecular flexibility index (Phi) is 4.31. The number of aryl methyl sites for hydroxylation is 2. The Hall–Kier alpha value is -0.870. The van der Waals surface area contributed by atoms with Crippen LogP contribution in [0.3, 0.4) is 0 Å². The van der Waals surface area contributed by atoms with E-state index in [1.165, 1.54) is 0 Å². The van der Waals surface area contributed by atoms with Crippen LogP contribution in [0.1, 0.15) is 51.9 Å². The molecule has 108 valence electrons. The molecule has 0 radical (unpaired) electrons. The van der Waals surface area contributed by atoms with E-state index >= 15 is 0 Å². The van der Waals surface area contributed by atoms with E-state index in [1.807, 2.05) is 18.5 Å². The zero-order chi connectivity index (χ0) is 14.0. The van der Waals surface area contributed by atoms with Crippen LogP contribution in [-0.4, -0.2) is 32.7 Å². The summed E-state index contributed by atoms with van der Waals surface area (Å²) >= 11 is 0. The number of ether oxygens (including phenoxy) is 1. The highest BCUT2D eigenvalue weighted by molar-refractivity contribution is 5.14. The van der Waals surface area contributed by atoms with E-state index in [-0.39, 0.29) is 12.2 Å². The summed E-state index contributed by atoms with van der Waals surface area (Å²) in [4.78, 5) is 0. The predicted molar refractivity (Wildman–Crippen MR) is 75.2 cm³/mol. The van der Waals surface area contributed by atoms with Crippen molar-refractivity contribution in [1.82, 2.24) is 9.78 Å². The molecule has 0 spiro atoms. The van der Waals surface area contributed by atoms with Gasteiger partial charge in [0.25, 0.3) is 0 Å². The summed E-state index contributed by atoms with van der Waals surface area (Å²) in [5.41, 5.74) is 1.59. The van der Waals surface area contributed by atoms with Crippen molar-refractivity contribution in [3.63, 3.8) is 0 Å². The first-order chi connectivity index (χ1) is 8.95. The molecule has 0 aromatic carbocycles. The van der Waals surface area contributed by atoms with Gasteiger partial charge in [0, 0.05) is 31.5 Å². The second-order valence-corrected chi connectivity index (χ2v) is 5.86. The molecule has 19 heavy (non-hydrogen) atoms. The standard InChI is InChI=1S/C15H26N2O2/c1-5-13-7-14(17(6-2)16-13)10-15(18)8-11(3)19-12(4)9-15/h7,11-12,18H,5-6,8-10H2,1-4H3. The zero-order valence-electron chi connectivity index (χ0n) is 12.5. The molecule has 0 aliphatic carbocycles. The average molecular weight is 266 g/mol. The highest BCUT2D eigenvalue weighted by atomic mass is 16.5. The van der Waals surface area contributed by atoms with Gasteiger partial charge in [0.15, 0.2) is 0 Å². The monoisotopic (exact) mass is 266 g/mol. The molecule has 0 saturated carbocycles. The average Bonchev–Trinajstić information content (AvgIpc) is 2.68. The molecule has 1 aliphatic rings. The lowest BCUT2D eigenvalue weighted by atomic mass is 9.84. The van der Waals surface area contributed by atoms with Crippen LogP contribution in [0.5, 0.6) is 0 Å². The normalized spacial score (nSPS) is 31.6. The minimum Gasteiger partial charge on any atom is -0.389 e. The highest BCUT2D eigenvalue weighted by Crippen LogP contribution is 2.32. The third-order valence-electron chi connectivity index (χ3n) is 3.89. The number of hydrogen-bond donors (Lipinski definition) is 1. The fourth-order valence-corrected chi connectivity index (χ4v) is 3.23. The van der Waals surface area contributed by atoms with Gasteiger partial charge in [-0.15, -0.1) is 0 Å². The lowest BCUT2D eigenvalue weighted by molar-refractivity contribution is -0.131. The van der Waals surface area contributed by atoms with Crippen LogP contribution in [-0.2, 0) is 24.1 Å². The molecule has 2 heterocycles. The van der Waals surface area contributed by atoms with Crippen molar-refractivity contribution in [3.05, 3.63) is 17.5 Å². The smallest absolute Gasteiger partial charge is 0.0752 e. The number of hydrogen-bond acceptors (Lipinski definition) is 3. The number of rotatable bonds is 4. The molecule has 2 atom stereocenters. The van der Waals surface area contributed by atoms with Gasteiger partial charge in [0.1, 0.15) is 0 Å². The first-order valence-electron chi connectivity index (χ1n) is 7.39. The Labute approximate surface area is 115 Å². The highest BCUT2D eigenvalue weighted by Gasteiger charge is 2.37. The van der Waals surface area contributed by atoms with Crippen LogP contribution in [0, 0.1) is 0 Å². The van der Waals surface area contributed by atoms with Crippen molar-refractivity contribution in [1.29, 1.82) is 0 Å². The van der Waals surface area contributed by atoms with Crippen molar-refractivity contribution in [2.75, 3.05) is 0 Å². The molecule has 1 fully saturated rings. The summed E-state index contributed by atoms with van der Waals surface area (Å²) < 4.78 is 7.74. The van der Waals surface area contributed by atoms with E-state index in [1.54, 1.807) is 0 Å². The van der Waals surface area contributed by atoms with Crippen LogP contribution in [0.15, 0.2) is 6.07 Å². The van der Waals surface area contributed by atoms with Gasteiger partial charge in [0.2, 0.25) is 0 Å². The summed E-state index contributed by atoms with van der Waals surface area (Å²) in [5.74, 6) is 0. The van der Waals surface area contributed by atoms with E-state index in [9.17, 15) is 5.11 Å². The van der Waals surface area contributed by atoms with Crippen molar-refractivity contribution in [3.8, 4) is 0 Å². The second-order valence-electron chi connectivity index (χ2n) is 5.86. The number of aliphatic hydroxyl groups is 1. The van der Waals surface area contributed by atoms with E-state index in [2.05, 4.69) is 25.0 Å². The first-order valence-corrected chi connectivity index (χ1v) is 7.39. The minimum atomic E-state index is -0.658. The number of nitrogens with zero attached hydrogens (tertiary/aromatic N) is 2. The molecule has 2 unspecified atom stereocenters. The fourth-order valence-electron chi connectivity index (χ4n) is 3.23. The molecular formula is C15H26N2O2. The molecule has 1 aliphatic heterocycles. The van der Waals surface area contributed by atoms with Gasteiger partial charge in [0.05, 0.1) is 23.5 Å². The zero-order valence-corrected chi connectivity index (χ0v) is 12.5. The molecule has 1 saturated heterocycles. The third-order valence-corrected chi connectivity index (χ3v) is 3.89. The Bertz CT molecular complexity index is 418. The molecule has 0 bridgehead atoms. The van der Waals surface area contributed by atoms with Crippen LogP contribution >= 0.6 is 0 Å². The third kappa shape index (κ3) is 3.37. The van der Waals surface area contributed by atoms with Gasteiger partial charge in [-0.2, -0.15) is 5.10 Å². The van der Waals surface area contributed by atoms with Gasteiger partial charge in [-0.1, -0.05) is 6.92 Å². The maximum atomic E-state index is 10.8. The molecular weight excluding hydrogens is 240 g/mol. The van der Waals surface area contributed by atoms with Crippen LogP contribution in [0.4, 0.5) is 0 Å². The lowest BCUT2D eigenvalue weighted by Crippen LogP contribution is -2.45. The van der Waals surface area contributed by atoms with E-state index in [0.29, 0.717) is 19.3 Å². The summed E-state index contributed by atoms with van der Waals surface area (Å²) in [6, 6.07) is 2.13. The minimum absolute atomic E-state index is 0.123. The summed E-state index contributed by atoms with van der Waals surface area (Å²) in [7, 11) is 0. The van der Waals surface area contributed by atoms with E-state index in [0.717, 1.165) is 24.4 Å². The van der Waals surface area contributed by atoms with Gasteiger partial charge in [-0.05, 0) is 33.3 Å². The fraction of sp³-hybridized carbons (Fsp3) is 0.800. The molecule has 4 heteroatoms. The predicted octanol–water partition coefficient (Wildman–Crippen LogP) is 2.33. The van der Waals surface area contributed by atoms with Gasteiger partial charge >= 0.3 is 0 Å². The summed E-state index contributed by atoms with van der Waals surface area (Å²) in [6.07, 6.45) is 3.26. The van der Waals surface area contributed by atoms with E-state index < -0.39 is 5.60 Å². The van der Waals surface area contributed by atoms with Crippen molar-refractivity contribution in [2.45, 2.75) is 77.7 Å². The summed E-state index contributed by atoms with van der Waals surface area (Å²) in [5, 5.41) is 15.4. The summed E-state index contributed by atoms with van der Waals surface area (Å²) in [6.45, 7) is 9.13. The first kappa shape index (κ1) is 14.5. The number of aromatic nitrogens is 2. The maximum absolute atomic E-state index is 10.8. The SMILES string of the molecule is CCc1cc(CC2(O)CC(C)OC(C)C2)n(CC)n1. The van der Waals surface area contributed by atoms with Crippen LogP contribution < -0.4 is 0 Å². The molecule has 1 aromatic rings. The maximum Gasteiger partial charge on any atom is 0.0752 e. The Morgan fingerprint density at radius 2 is 2.00 bits per heavy atom. The Morgan fingerprint density at radius 1 is 1.37 bits per heavy atom. The molecule has 2 rings (SSSR count). The van der Waals surface area contributed by atoms with E-state index in [4.69, 9.17) is 4.74 Å². The second kappa shape index (κ2) is 5.63. The van der Waals surface area contributed by atoms with Crippen LogP contribution in [0.25, 0.3) is 0 Å². The largest absolute Gasteiger partial charge is 0.389 e. The Balaban J connectivity index is 2.17. The molecule has 1 aromatic heterocycles. The van der Waals surface area contributed by atoms with Gasteiger partial charge < -0.3 is 9.84 Å². The molecule has 0 amide bonds. The molecule has 4 nitrogen and oxygen atoms in total. The van der Waals surface area contributed by atoms with Crippen molar-refractivity contribution < 1.29 is 9.84 Å². The van der Waals surface area contributed by atoms with Gasteiger partial charge in [-0.3, -0.25) is 4.68 Å². The lowest BCUT2D eigenvalue weighted by Gasteiger charge is -2.39. The Morgan fingerprint density at radius 3 is 2.53 bits per heavy atom. The van der Waals surface area contributed by atoms with Crippen molar-refractivity contribution >= 4 is 0 Å².